The number of hydrogen-bond acceptors (Lipinski definition) is 3. The summed E-state index contributed by atoms with van der Waals surface area (Å²) in [5.74, 6) is 1.89. The zero-order valence-corrected chi connectivity index (χ0v) is 22.5. The lowest BCUT2D eigenvalue weighted by atomic mass is 9.47. The van der Waals surface area contributed by atoms with Crippen LogP contribution in [0.4, 0.5) is 0 Å². The van der Waals surface area contributed by atoms with Gasteiger partial charge in [-0.15, -0.1) is 0 Å². The van der Waals surface area contributed by atoms with Gasteiger partial charge in [0.25, 0.3) is 0 Å². The first-order valence-electron chi connectivity index (χ1n) is 14.1. The average molecular weight is 475 g/mol. The van der Waals surface area contributed by atoms with Crippen molar-refractivity contribution in [1.82, 2.24) is 0 Å². The maximum absolute atomic E-state index is 11.8. The molecule has 0 heterocycles. The van der Waals surface area contributed by atoms with Crippen molar-refractivity contribution in [2.45, 2.75) is 131 Å². The number of carboxylic acid groups (broad SMARTS) is 1. The summed E-state index contributed by atoms with van der Waals surface area (Å²) >= 11 is 0. The molecule has 4 aliphatic rings. The molecule has 0 amide bonds. The summed E-state index contributed by atoms with van der Waals surface area (Å²) in [4.78, 5) is 22.3. The van der Waals surface area contributed by atoms with E-state index in [1.165, 1.54) is 50.5 Å². The Morgan fingerprint density at radius 1 is 1.03 bits per heavy atom. The predicted octanol–water partition coefficient (Wildman–Crippen LogP) is 7.34. The molecule has 0 saturated heterocycles. The van der Waals surface area contributed by atoms with Gasteiger partial charge in [-0.3, -0.25) is 9.59 Å². The molecule has 2 N–H and O–H groups in total. The molecule has 0 unspecified atom stereocenters. The Kier molecular flexibility index (Phi) is 8.75. The Balaban J connectivity index is 0.000000218. The number of rotatable bonds is 7. The SMILES string of the molecule is CCCCCCC(C)(C)CC(=O)O.C[C@]12CC[C@H]3[C@@H](CCC4=CC(=O)CC[C@@]43C)[C@@H]1CC[C@@H]2O. The van der Waals surface area contributed by atoms with Gasteiger partial charge in [-0.2, -0.15) is 0 Å². The first-order valence-corrected chi connectivity index (χ1v) is 14.1. The second kappa shape index (κ2) is 10.8. The fraction of sp³-hybridized carbons (Fsp3) is 0.867. The number of unbranched alkanes of at least 4 members (excludes halogenated alkanes) is 3. The number of allylic oxidation sites excluding steroid dienone is 1. The van der Waals surface area contributed by atoms with E-state index in [1.54, 1.807) is 0 Å². The molecule has 0 bridgehead atoms. The van der Waals surface area contributed by atoms with Crippen LogP contribution >= 0.6 is 0 Å². The number of aliphatic hydroxyl groups is 1. The van der Waals surface area contributed by atoms with Gasteiger partial charge in [0.15, 0.2) is 5.78 Å². The smallest absolute Gasteiger partial charge is 0.303 e. The van der Waals surface area contributed by atoms with Crippen LogP contribution in [-0.2, 0) is 9.59 Å². The van der Waals surface area contributed by atoms with Crippen LogP contribution < -0.4 is 0 Å². The van der Waals surface area contributed by atoms with E-state index in [1.807, 2.05) is 19.9 Å². The zero-order valence-electron chi connectivity index (χ0n) is 22.5. The van der Waals surface area contributed by atoms with Crippen LogP contribution in [0.15, 0.2) is 11.6 Å². The highest BCUT2D eigenvalue weighted by molar-refractivity contribution is 5.91. The highest BCUT2D eigenvalue weighted by Gasteiger charge is 2.58. The van der Waals surface area contributed by atoms with Gasteiger partial charge in [-0.05, 0) is 91.4 Å². The monoisotopic (exact) mass is 474 g/mol. The van der Waals surface area contributed by atoms with Crippen LogP contribution in [0.5, 0.6) is 0 Å². The van der Waals surface area contributed by atoms with Gasteiger partial charge >= 0.3 is 5.97 Å². The minimum absolute atomic E-state index is 0.0282. The maximum Gasteiger partial charge on any atom is 0.303 e. The number of carboxylic acids is 1. The third kappa shape index (κ3) is 5.79. The molecule has 4 rings (SSSR count). The van der Waals surface area contributed by atoms with E-state index in [9.17, 15) is 14.7 Å². The van der Waals surface area contributed by atoms with Crippen LogP contribution in [0.3, 0.4) is 0 Å². The maximum atomic E-state index is 11.8. The lowest BCUT2D eigenvalue weighted by Crippen LogP contribution is -2.51. The molecule has 34 heavy (non-hydrogen) atoms. The Hall–Kier alpha value is -1.16. The van der Waals surface area contributed by atoms with Crippen LogP contribution in [0.25, 0.3) is 0 Å². The van der Waals surface area contributed by atoms with E-state index in [0.717, 1.165) is 50.4 Å². The molecule has 0 aromatic carbocycles. The third-order valence-corrected chi connectivity index (χ3v) is 10.2. The van der Waals surface area contributed by atoms with Crippen LogP contribution in [0.2, 0.25) is 0 Å². The summed E-state index contributed by atoms with van der Waals surface area (Å²) in [6.45, 7) is 11.0. The molecule has 4 aliphatic carbocycles. The minimum atomic E-state index is -0.680. The molecular formula is C30H50O4. The van der Waals surface area contributed by atoms with Crippen molar-refractivity contribution in [3.63, 3.8) is 0 Å². The molecule has 3 saturated carbocycles. The van der Waals surface area contributed by atoms with Crippen molar-refractivity contribution in [2.75, 3.05) is 0 Å². The number of hydrogen-bond donors (Lipinski definition) is 2. The Morgan fingerprint density at radius 3 is 2.44 bits per heavy atom. The van der Waals surface area contributed by atoms with Gasteiger partial charge in [0.1, 0.15) is 0 Å². The molecule has 0 radical (unpaired) electrons. The number of carbonyl (C=O) groups excluding carboxylic acids is 1. The second-order valence-electron chi connectivity index (χ2n) is 13.2. The molecule has 0 spiro atoms. The van der Waals surface area contributed by atoms with E-state index in [0.29, 0.717) is 18.1 Å². The van der Waals surface area contributed by atoms with Gasteiger partial charge in [0.05, 0.1) is 12.5 Å². The van der Waals surface area contributed by atoms with Crippen LogP contribution in [-0.4, -0.2) is 28.1 Å². The molecule has 3 fully saturated rings. The quantitative estimate of drug-likeness (QED) is 0.379. The molecule has 0 aliphatic heterocycles. The number of aliphatic carboxylic acids is 1. The summed E-state index contributed by atoms with van der Waals surface area (Å²) in [7, 11) is 0. The lowest BCUT2D eigenvalue weighted by Gasteiger charge is -2.57. The lowest BCUT2D eigenvalue weighted by molar-refractivity contribution is -0.139. The molecule has 0 aromatic rings. The average Bonchev–Trinajstić information content (AvgIpc) is 3.06. The van der Waals surface area contributed by atoms with Crippen molar-refractivity contribution >= 4 is 11.8 Å². The van der Waals surface area contributed by atoms with E-state index in [2.05, 4.69) is 20.8 Å². The first kappa shape index (κ1) is 27.4. The topological polar surface area (TPSA) is 74.6 Å². The number of fused-ring (bicyclic) bond motifs is 5. The van der Waals surface area contributed by atoms with Gasteiger partial charge in [0, 0.05) is 6.42 Å². The van der Waals surface area contributed by atoms with Crippen molar-refractivity contribution in [3.8, 4) is 0 Å². The Labute approximate surface area is 208 Å². The summed E-state index contributed by atoms with van der Waals surface area (Å²) in [5.41, 5.74) is 1.86. The summed E-state index contributed by atoms with van der Waals surface area (Å²) in [6, 6.07) is 0. The molecule has 4 heteroatoms. The van der Waals surface area contributed by atoms with E-state index in [4.69, 9.17) is 5.11 Å². The molecule has 194 valence electrons. The normalized spacial score (nSPS) is 37.0. The molecule has 0 aromatic heterocycles. The highest BCUT2D eigenvalue weighted by atomic mass is 16.4. The first-order chi connectivity index (χ1) is 15.9. The number of ketones is 1. The van der Waals surface area contributed by atoms with Crippen molar-refractivity contribution in [3.05, 3.63) is 11.6 Å². The highest BCUT2D eigenvalue weighted by Crippen LogP contribution is 2.65. The summed E-state index contributed by atoms with van der Waals surface area (Å²) < 4.78 is 0. The van der Waals surface area contributed by atoms with E-state index >= 15 is 0 Å². The Morgan fingerprint density at radius 2 is 1.76 bits per heavy atom. The van der Waals surface area contributed by atoms with Crippen molar-refractivity contribution < 1.29 is 19.8 Å². The Bertz CT molecular complexity index is 768. The standard InChI is InChI=1S/C19H28O2.C11H22O2/c1-18-9-7-13(20)11-12(18)3-4-14-15-5-6-17(21)19(15,2)10-8-16(14)18;1-4-5-6-7-8-11(2,3)9-10(12)13/h11,14-17,21H,3-10H2,1-2H3;4-9H2,1-3H3,(H,12,13)/t14-,15-,16-,17-,18-,19-;/m0./s1. The predicted molar refractivity (Wildman–Crippen MR) is 138 cm³/mol. The summed E-state index contributed by atoms with van der Waals surface area (Å²) in [5, 5.41) is 19.1. The second-order valence-corrected chi connectivity index (χ2v) is 13.2. The van der Waals surface area contributed by atoms with Gasteiger partial charge in [0.2, 0.25) is 0 Å². The fourth-order valence-electron chi connectivity index (χ4n) is 8.06. The van der Waals surface area contributed by atoms with Crippen molar-refractivity contribution in [1.29, 1.82) is 0 Å². The molecular weight excluding hydrogens is 424 g/mol. The fourth-order valence-corrected chi connectivity index (χ4v) is 8.06. The van der Waals surface area contributed by atoms with Crippen LogP contribution in [0, 0.1) is 34.0 Å². The summed E-state index contributed by atoms with van der Waals surface area (Å²) in [6.07, 6.45) is 16.9. The van der Waals surface area contributed by atoms with Gasteiger partial charge in [-0.25, -0.2) is 0 Å². The minimum Gasteiger partial charge on any atom is -0.481 e. The third-order valence-electron chi connectivity index (χ3n) is 10.2. The van der Waals surface area contributed by atoms with E-state index in [-0.39, 0.29) is 22.3 Å². The molecule has 4 nitrogen and oxygen atoms in total. The van der Waals surface area contributed by atoms with Gasteiger partial charge in [-0.1, -0.05) is 65.9 Å². The van der Waals surface area contributed by atoms with Gasteiger partial charge < -0.3 is 10.2 Å². The number of aliphatic hydroxyl groups excluding tert-OH is 1. The van der Waals surface area contributed by atoms with E-state index < -0.39 is 5.97 Å². The largest absolute Gasteiger partial charge is 0.481 e. The van der Waals surface area contributed by atoms with Crippen LogP contribution in [0.1, 0.15) is 125 Å². The molecule has 6 atom stereocenters. The number of carbonyl (C=O) groups is 2. The zero-order chi connectivity index (χ0) is 25.1. The van der Waals surface area contributed by atoms with Crippen molar-refractivity contribution in [2.24, 2.45) is 34.0 Å².